The Morgan fingerprint density at radius 1 is 1.00 bits per heavy atom. The zero-order valence-corrected chi connectivity index (χ0v) is 11.8. The molecule has 0 amide bonds. The van der Waals surface area contributed by atoms with Crippen LogP contribution >= 0.6 is 0 Å². The Hall–Kier alpha value is -2.27. The van der Waals surface area contributed by atoms with Crippen LogP contribution in [0.2, 0.25) is 0 Å². The monoisotopic (exact) mass is 282 g/mol. The summed E-state index contributed by atoms with van der Waals surface area (Å²) in [7, 11) is 0. The van der Waals surface area contributed by atoms with Gasteiger partial charge in [-0.05, 0) is 24.3 Å². The number of fused-ring (bicyclic) bond motifs is 2. The van der Waals surface area contributed by atoms with Crippen molar-refractivity contribution in [2.45, 2.75) is 6.54 Å². The van der Waals surface area contributed by atoms with Gasteiger partial charge in [0, 0.05) is 25.2 Å². The normalized spacial score (nSPS) is 17.0. The average molecular weight is 282 g/mol. The third kappa shape index (κ3) is 2.40. The number of rotatable bonds is 1. The van der Waals surface area contributed by atoms with Gasteiger partial charge >= 0.3 is 0 Å². The van der Waals surface area contributed by atoms with Gasteiger partial charge in [-0.2, -0.15) is 0 Å². The molecule has 1 saturated heterocycles. The van der Waals surface area contributed by atoms with Crippen LogP contribution in [0, 0.1) is 0 Å². The van der Waals surface area contributed by atoms with Crippen molar-refractivity contribution < 1.29 is 4.74 Å². The van der Waals surface area contributed by atoms with Gasteiger partial charge in [0.25, 0.3) is 0 Å². The number of nitrogens with zero attached hydrogens (tertiary/aromatic N) is 2. The summed E-state index contributed by atoms with van der Waals surface area (Å²) < 4.78 is 5.41. The van der Waals surface area contributed by atoms with E-state index in [4.69, 9.17) is 9.72 Å². The van der Waals surface area contributed by atoms with Gasteiger partial charge in [-0.25, -0.2) is 4.98 Å². The van der Waals surface area contributed by atoms with Crippen LogP contribution in [-0.2, 0) is 11.3 Å². The zero-order chi connectivity index (χ0) is 14.1. The summed E-state index contributed by atoms with van der Waals surface area (Å²) in [5.41, 5.74) is 3.37. The van der Waals surface area contributed by atoms with Crippen molar-refractivity contribution in [1.29, 1.82) is 0 Å². The molecule has 0 unspecified atom stereocenters. The van der Waals surface area contributed by atoms with Crippen LogP contribution in [0.25, 0.3) is 0 Å². The fourth-order valence-electron chi connectivity index (χ4n) is 2.76. The molecule has 5 heteroatoms. The molecule has 1 aromatic carbocycles. The highest BCUT2D eigenvalue weighted by Crippen LogP contribution is 2.31. The molecule has 2 aromatic rings. The van der Waals surface area contributed by atoms with Gasteiger partial charge in [-0.1, -0.05) is 12.1 Å². The zero-order valence-electron chi connectivity index (χ0n) is 11.8. The van der Waals surface area contributed by atoms with Gasteiger partial charge < -0.3 is 20.3 Å². The first-order valence-corrected chi connectivity index (χ1v) is 7.33. The second kappa shape index (κ2) is 5.26. The molecule has 0 spiro atoms. The maximum absolute atomic E-state index is 5.41. The Morgan fingerprint density at radius 3 is 2.67 bits per heavy atom. The molecule has 0 radical (unpaired) electrons. The molecule has 0 aliphatic carbocycles. The molecule has 0 saturated carbocycles. The highest BCUT2D eigenvalue weighted by Gasteiger charge is 2.17. The van der Waals surface area contributed by atoms with Crippen molar-refractivity contribution in [2.24, 2.45) is 0 Å². The molecule has 2 N–H and O–H groups in total. The molecule has 21 heavy (non-hydrogen) atoms. The standard InChI is InChI=1S/C16H18N4O/c1-2-4-14-13(3-1)17-11-12-5-6-15(19-16(12)18-14)20-7-9-21-10-8-20/h1-6,17H,7-11H2,(H,18,19). The topological polar surface area (TPSA) is 49.4 Å². The van der Waals surface area contributed by atoms with Crippen LogP contribution < -0.4 is 15.5 Å². The van der Waals surface area contributed by atoms with E-state index in [1.54, 1.807) is 0 Å². The maximum atomic E-state index is 5.41. The van der Waals surface area contributed by atoms with Crippen LogP contribution in [0.4, 0.5) is 23.0 Å². The highest BCUT2D eigenvalue weighted by molar-refractivity contribution is 5.77. The van der Waals surface area contributed by atoms with E-state index in [0.29, 0.717) is 0 Å². The van der Waals surface area contributed by atoms with Gasteiger partial charge in [0.2, 0.25) is 0 Å². The van der Waals surface area contributed by atoms with E-state index in [0.717, 1.165) is 55.9 Å². The first-order valence-electron chi connectivity index (χ1n) is 7.33. The average Bonchev–Trinajstić information content (AvgIpc) is 2.74. The van der Waals surface area contributed by atoms with Gasteiger partial charge in [-0.15, -0.1) is 0 Å². The first kappa shape index (κ1) is 12.5. The molecule has 0 atom stereocenters. The lowest BCUT2D eigenvalue weighted by atomic mass is 10.2. The summed E-state index contributed by atoms with van der Waals surface area (Å²) in [4.78, 5) is 7.09. The second-order valence-electron chi connectivity index (χ2n) is 5.30. The molecule has 1 aromatic heterocycles. The van der Waals surface area contributed by atoms with Crippen LogP contribution in [0.15, 0.2) is 36.4 Å². The van der Waals surface area contributed by atoms with Crippen LogP contribution in [0.3, 0.4) is 0 Å². The largest absolute Gasteiger partial charge is 0.379 e. The van der Waals surface area contributed by atoms with Gasteiger partial charge in [0.1, 0.15) is 11.6 Å². The second-order valence-corrected chi connectivity index (χ2v) is 5.30. The van der Waals surface area contributed by atoms with Crippen LogP contribution in [-0.4, -0.2) is 31.3 Å². The lowest BCUT2D eigenvalue weighted by molar-refractivity contribution is 0.122. The third-order valence-electron chi connectivity index (χ3n) is 3.95. The fourth-order valence-corrected chi connectivity index (χ4v) is 2.76. The Balaban J connectivity index is 1.67. The Morgan fingerprint density at radius 2 is 1.81 bits per heavy atom. The van der Waals surface area contributed by atoms with Crippen molar-refractivity contribution >= 4 is 23.0 Å². The summed E-state index contributed by atoms with van der Waals surface area (Å²) in [5, 5.41) is 6.90. The van der Waals surface area contributed by atoms with Crippen molar-refractivity contribution in [3.63, 3.8) is 0 Å². The van der Waals surface area contributed by atoms with Gasteiger partial charge in [0.05, 0.1) is 24.6 Å². The van der Waals surface area contributed by atoms with E-state index in [1.807, 2.05) is 12.1 Å². The predicted molar refractivity (Wildman–Crippen MR) is 84.3 cm³/mol. The Kier molecular flexibility index (Phi) is 3.12. The number of nitrogens with one attached hydrogen (secondary N) is 2. The quantitative estimate of drug-likeness (QED) is 0.842. The van der Waals surface area contributed by atoms with E-state index in [1.165, 1.54) is 5.56 Å². The number of benzene rings is 1. The number of hydrogen-bond donors (Lipinski definition) is 2. The molecule has 3 heterocycles. The summed E-state index contributed by atoms with van der Waals surface area (Å²) >= 11 is 0. The number of morpholine rings is 1. The maximum Gasteiger partial charge on any atom is 0.137 e. The van der Waals surface area contributed by atoms with E-state index in [2.05, 4.69) is 39.8 Å². The van der Waals surface area contributed by atoms with Gasteiger partial charge in [0.15, 0.2) is 0 Å². The Bertz CT molecular complexity index is 652. The van der Waals surface area contributed by atoms with E-state index >= 15 is 0 Å². The minimum absolute atomic E-state index is 0.774. The fraction of sp³-hybridized carbons (Fsp3) is 0.312. The van der Waals surface area contributed by atoms with Crippen molar-refractivity contribution in [3.05, 3.63) is 42.0 Å². The smallest absolute Gasteiger partial charge is 0.137 e. The molecular formula is C16H18N4O. The SMILES string of the molecule is c1ccc2c(c1)NCc1ccc(N3CCOCC3)nc1N2. The third-order valence-corrected chi connectivity index (χ3v) is 3.95. The molecule has 2 aliphatic heterocycles. The summed E-state index contributed by atoms with van der Waals surface area (Å²) in [6.07, 6.45) is 0. The van der Waals surface area contributed by atoms with E-state index < -0.39 is 0 Å². The molecule has 108 valence electrons. The summed E-state index contributed by atoms with van der Waals surface area (Å²) in [6, 6.07) is 12.5. The number of anilines is 4. The number of para-hydroxylation sites is 2. The van der Waals surface area contributed by atoms with Crippen molar-refractivity contribution in [2.75, 3.05) is 41.8 Å². The number of aromatic nitrogens is 1. The highest BCUT2D eigenvalue weighted by atomic mass is 16.5. The predicted octanol–water partition coefficient (Wildman–Crippen LogP) is 2.59. The molecule has 4 rings (SSSR count). The van der Waals surface area contributed by atoms with E-state index in [9.17, 15) is 0 Å². The van der Waals surface area contributed by atoms with Crippen LogP contribution in [0.5, 0.6) is 0 Å². The minimum Gasteiger partial charge on any atom is -0.379 e. The summed E-state index contributed by atoms with van der Waals surface area (Å²) in [5.74, 6) is 1.96. The molecular weight excluding hydrogens is 264 g/mol. The van der Waals surface area contributed by atoms with Crippen LogP contribution in [0.1, 0.15) is 5.56 Å². The number of pyridine rings is 1. The Labute approximate surface area is 123 Å². The molecule has 2 aliphatic rings. The van der Waals surface area contributed by atoms with Gasteiger partial charge in [-0.3, -0.25) is 0 Å². The van der Waals surface area contributed by atoms with Crippen molar-refractivity contribution in [1.82, 2.24) is 4.98 Å². The number of ether oxygens (including phenoxy) is 1. The summed E-state index contributed by atoms with van der Waals surface area (Å²) in [6.45, 7) is 4.14. The number of hydrogen-bond acceptors (Lipinski definition) is 5. The molecule has 0 bridgehead atoms. The minimum atomic E-state index is 0.774. The lowest BCUT2D eigenvalue weighted by Crippen LogP contribution is -2.36. The van der Waals surface area contributed by atoms with E-state index in [-0.39, 0.29) is 0 Å². The van der Waals surface area contributed by atoms with Crippen molar-refractivity contribution in [3.8, 4) is 0 Å². The lowest BCUT2D eigenvalue weighted by Gasteiger charge is -2.28. The first-order chi connectivity index (χ1) is 10.4. The molecule has 5 nitrogen and oxygen atoms in total. The molecule has 1 fully saturated rings.